The fourth-order valence-electron chi connectivity index (χ4n) is 3.61. The van der Waals surface area contributed by atoms with Crippen molar-refractivity contribution in [3.63, 3.8) is 0 Å². The summed E-state index contributed by atoms with van der Waals surface area (Å²) < 4.78 is 0. The number of hydrogen-bond donors (Lipinski definition) is 1. The van der Waals surface area contributed by atoms with Gasteiger partial charge in [-0.2, -0.15) is 0 Å². The molecule has 1 aliphatic heterocycles. The third-order valence-corrected chi connectivity index (χ3v) is 4.81. The fourth-order valence-corrected chi connectivity index (χ4v) is 3.61. The van der Waals surface area contributed by atoms with E-state index >= 15 is 0 Å². The van der Waals surface area contributed by atoms with Crippen molar-refractivity contribution in [1.82, 2.24) is 4.90 Å². The minimum Gasteiger partial charge on any atom is -0.396 e. The van der Waals surface area contributed by atoms with E-state index in [2.05, 4.69) is 18.7 Å². The molecule has 0 amide bonds. The van der Waals surface area contributed by atoms with E-state index in [1.165, 1.54) is 45.1 Å². The lowest BCUT2D eigenvalue weighted by Gasteiger charge is -2.41. The van der Waals surface area contributed by atoms with Gasteiger partial charge < -0.3 is 10.0 Å². The summed E-state index contributed by atoms with van der Waals surface area (Å²) >= 11 is 0. The highest BCUT2D eigenvalue weighted by atomic mass is 16.3. The Balaban J connectivity index is 1.92. The predicted octanol–water partition coefficient (Wildman–Crippen LogP) is 2.66. The van der Waals surface area contributed by atoms with Crippen LogP contribution in [-0.4, -0.2) is 35.7 Å². The second-order valence-corrected chi connectivity index (χ2v) is 6.31. The largest absolute Gasteiger partial charge is 0.396 e. The van der Waals surface area contributed by atoms with Crippen molar-refractivity contribution in [2.75, 3.05) is 19.7 Å². The number of likely N-dealkylation sites (tertiary alicyclic amines) is 1. The van der Waals surface area contributed by atoms with Crippen LogP contribution in [0.3, 0.4) is 0 Å². The topological polar surface area (TPSA) is 23.5 Å². The second kappa shape index (κ2) is 5.05. The van der Waals surface area contributed by atoms with Gasteiger partial charge in [0.15, 0.2) is 0 Å². The third-order valence-electron chi connectivity index (χ3n) is 4.81. The molecular weight excluding hydrogens is 198 g/mol. The summed E-state index contributed by atoms with van der Waals surface area (Å²) in [6.45, 7) is 7.49. The first-order valence-electron chi connectivity index (χ1n) is 7.00. The molecule has 16 heavy (non-hydrogen) atoms. The average Bonchev–Trinajstić information content (AvgIpc) is 2.72. The Hall–Kier alpha value is -0.0800. The van der Waals surface area contributed by atoms with Crippen LogP contribution in [0.1, 0.15) is 52.4 Å². The van der Waals surface area contributed by atoms with Crippen molar-refractivity contribution >= 4 is 0 Å². The van der Waals surface area contributed by atoms with Crippen LogP contribution >= 0.6 is 0 Å². The zero-order valence-electron chi connectivity index (χ0n) is 10.9. The van der Waals surface area contributed by atoms with Crippen molar-refractivity contribution in [2.24, 2.45) is 11.3 Å². The van der Waals surface area contributed by atoms with Crippen LogP contribution in [-0.2, 0) is 0 Å². The van der Waals surface area contributed by atoms with Crippen LogP contribution in [0.15, 0.2) is 0 Å². The molecule has 0 aromatic carbocycles. The van der Waals surface area contributed by atoms with E-state index in [0.29, 0.717) is 12.6 Å². The fraction of sp³-hybridized carbons (Fsp3) is 1.00. The van der Waals surface area contributed by atoms with Crippen LogP contribution < -0.4 is 0 Å². The first kappa shape index (κ1) is 12.4. The Morgan fingerprint density at radius 1 is 1.25 bits per heavy atom. The molecule has 0 spiro atoms. The number of aliphatic hydroxyl groups is 1. The molecule has 0 bridgehead atoms. The highest BCUT2D eigenvalue weighted by Gasteiger charge is 2.37. The quantitative estimate of drug-likeness (QED) is 0.798. The summed E-state index contributed by atoms with van der Waals surface area (Å²) in [5.41, 5.74) is 0.245. The summed E-state index contributed by atoms with van der Waals surface area (Å²) in [6, 6.07) is 0.716. The maximum atomic E-state index is 9.66. The Morgan fingerprint density at radius 3 is 2.50 bits per heavy atom. The molecule has 2 nitrogen and oxygen atoms in total. The molecule has 1 heterocycles. The maximum absolute atomic E-state index is 9.66. The molecule has 2 heteroatoms. The Kier molecular flexibility index (Phi) is 3.91. The average molecular weight is 225 g/mol. The summed E-state index contributed by atoms with van der Waals surface area (Å²) in [4.78, 5) is 2.63. The van der Waals surface area contributed by atoms with Crippen molar-refractivity contribution < 1.29 is 5.11 Å². The lowest BCUT2D eigenvalue weighted by atomic mass is 9.84. The second-order valence-electron chi connectivity index (χ2n) is 6.31. The molecule has 1 saturated carbocycles. The molecule has 2 fully saturated rings. The monoisotopic (exact) mass is 225 g/mol. The van der Waals surface area contributed by atoms with E-state index in [1.807, 2.05) is 0 Å². The van der Waals surface area contributed by atoms with E-state index in [9.17, 15) is 5.11 Å². The lowest BCUT2D eigenvalue weighted by molar-refractivity contribution is 0.0372. The predicted molar refractivity (Wildman–Crippen MR) is 67.4 cm³/mol. The summed E-state index contributed by atoms with van der Waals surface area (Å²) in [7, 11) is 0. The number of piperidine rings is 1. The molecule has 2 aliphatic rings. The number of rotatable bonds is 3. The standard InChI is InChI=1S/C14H27NO/c1-12-5-8-15(13(2)9-12)10-14(11-16)6-3-4-7-14/h12-13,16H,3-11H2,1-2H3. The van der Waals surface area contributed by atoms with Gasteiger partial charge in [0, 0.05) is 24.6 Å². The van der Waals surface area contributed by atoms with E-state index < -0.39 is 0 Å². The van der Waals surface area contributed by atoms with Crippen molar-refractivity contribution in [2.45, 2.75) is 58.4 Å². The number of aliphatic hydroxyl groups excluding tert-OH is 1. The Morgan fingerprint density at radius 2 is 1.94 bits per heavy atom. The van der Waals surface area contributed by atoms with Gasteiger partial charge in [-0.25, -0.2) is 0 Å². The highest BCUT2D eigenvalue weighted by Crippen LogP contribution is 2.39. The zero-order valence-corrected chi connectivity index (χ0v) is 10.9. The van der Waals surface area contributed by atoms with Crippen molar-refractivity contribution in [3.8, 4) is 0 Å². The van der Waals surface area contributed by atoms with E-state index in [-0.39, 0.29) is 5.41 Å². The minimum atomic E-state index is 0.245. The molecule has 94 valence electrons. The molecule has 0 radical (unpaired) electrons. The van der Waals surface area contributed by atoms with Crippen molar-refractivity contribution in [3.05, 3.63) is 0 Å². The van der Waals surface area contributed by atoms with E-state index in [4.69, 9.17) is 0 Å². The van der Waals surface area contributed by atoms with Gasteiger partial charge >= 0.3 is 0 Å². The third kappa shape index (κ3) is 2.60. The van der Waals surface area contributed by atoms with Crippen LogP contribution in [0.4, 0.5) is 0 Å². The normalized spacial score (nSPS) is 35.4. The summed E-state index contributed by atoms with van der Waals surface area (Å²) in [5, 5.41) is 9.66. The van der Waals surface area contributed by atoms with E-state index in [1.54, 1.807) is 0 Å². The molecular formula is C14H27NO. The molecule has 0 aromatic rings. The molecule has 2 atom stereocenters. The van der Waals surface area contributed by atoms with Gasteiger partial charge in [-0.05, 0) is 45.1 Å². The Bertz CT molecular complexity index is 223. The van der Waals surface area contributed by atoms with Gasteiger partial charge in [-0.15, -0.1) is 0 Å². The first-order chi connectivity index (χ1) is 7.65. The van der Waals surface area contributed by atoms with Crippen LogP contribution in [0.2, 0.25) is 0 Å². The molecule has 1 saturated heterocycles. The van der Waals surface area contributed by atoms with Gasteiger partial charge in [0.05, 0.1) is 0 Å². The van der Waals surface area contributed by atoms with Crippen LogP contribution in [0.5, 0.6) is 0 Å². The van der Waals surface area contributed by atoms with Gasteiger partial charge in [0.1, 0.15) is 0 Å². The van der Waals surface area contributed by atoms with Crippen LogP contribution in [0.25, 0.3) is 0 Å². The summed E-state index contributed by atoms with van der Waals surface area (Å²) in [5.74, 6) is 0.889. The van der Waals surface area contributed by atoms with Crippen LogP contribution in [0, 0.1) is 11.3 Å². The molecule has 1 aliphatic carbocycles. The number of nitrogens with zero attached hydrogens (tertiary/aromatic N) is 1. The van der Waals surface area contributed by atoms with Gasteiger partial charge in [-0.3, -0.25) is 0 Å². The van der Waals surface area contributed by atoms with Crippen molar-refractivity contribution in [1.29, 1.82) is 0 Å². The first-order valence-corrected chi connectivity index (χ1v) is 7.00. The summed E-state index contributed by atoms with van der Waals surface area (Å²) in [6.07, 6.45) is 7.79. The van der Waals surface area contributed by atoms with E-state index in [0.717, 1.165) is 12.5 Å². The SMILES string of the molecule is CC1CCN(CC2(CO)CCCC2)C(C)C1. The minimum absolute atomic E-state index is 0.245. The molecule has 2 unspecified atom stereocenters. The lowest BCUT2D eigenvalue weighted by Crippen LogP contribution is -2.46. The molecule has 0 aromatic heterocycles. The number of hydrogen-bond acceptors (Lipinski definition) is 2. The Labute approximate surface area is 100 Å². The molecule has 2 rings (SSSR count). The van der Waals surface area contributed by atoms with Gasteiger partial charge in [0.2, 0.25) is 0 Å². The molecule has 1 N–H and O–H groups in total. The van der Waals surface area contributed by atoms with Gasteiger partial charge in [-0.1, -0.05) is 19.8 Å². The highest BCUT2D eigenvalue weighted by molar-refractivity contribution is 4.89. The zero-order chi connectivity index (χ0) is 11.6. The van der Waals surface area contributed by atoms with Gasteiger partial charge in [0.25, 0.3) is 0 Å². The smallest absolute Gasteiger partial charge is 0.0499 e. The maximum Gasteiger partial charge on any atom is 0.0499 e.